The van der Waals surface area contributed by atoms with Crippen molar-refractivity contribution in [2.45, 2.75) is 33.2 Å². The van der Waals surface area contributed by atoms with Crippen LogP contribution < -0.4 is 5.32 Å². The molecule has 0 bridgehead atoms. The van der Waals surface area contributed by atoms with Gasteiger partial charge in [-0.25, -0.2) is 0 Å². The van der Waals surface area contributed by atoms with Crippen LogP contribution in [0.2, 0.25) is 5.02 Å². The number of hydrogen-bond donors (Lipinski definition) is 1. The lowest BCUT2D eigenvalue weighted by molar-refractivity contribution is -0.121. The van der Waals surface area contributed by atoms with E-state index in [-0.39, 0.29) is 5.91 Å². The van der Waals surface area contributed by atoms with Crippen molar-refractivity contribution in [3.8, 4) is 0 Å². The van der Waals surface area contributed by atoms with Crippen molar-refractivity contribution in [2.75, 3.05) is 0 Å². The zero-order chi connectivity index (χ0) is 15.4. The molecule has 1 aromatic carbocycles. The van der Waals surface area contributed by atoms with Gasteiger partial charge in [0.2, 0.25) is 5.91 Å². The molecule has 0 spiro atoms. The fraction of sp³-hybridized carbons (Fsp3) is 0.333. The molecule has 21 heavy (non-hydrogen) atoms. The second kappa shape index (κ2) is 7.09. The Morgan fingerprint density at radius 3 is 2.81 bits per heavy atom. The van der Waals surface area contributed by atoms with E-state index in [1.165, 1.54) is 0 Å². The predicted octanol–water partition coefficient (Wildman–Crippen LogP) is 3.96. The first-order chi connectivity index (χ1) is 9.97. The van der Waals surface area contributed by atoms with E-state index < -0.39 is 0 Å². The molecule has 0 radical (unpaired) electrons. The Kier molecular flexibility index (Phi) is 5.42. The minimum Gasteiger partial charge on any atom is -0.361 e. The van der Waals surface area contributed by atoms with Crippen molar-refractivity contribution in [1.82, 2.24) is 10.5 Å². The Labute approximate surface area is 137 Å². The Hall–Kier alpha value is -1.33. The first-order valence-corrected chi connectivity index (χ1v) is 7.77. The van der Waals surface area contributed by atoms with Crippen molar-refractivity contribution in [3.05, 3.63) is 50.3 Å². The Morgan fingerprint density at radius 2 is 2.19 bits per heavy atom. The number of amides is 1. The molecule has 1 heterocycles. The molecule has 4 nitrogen and oxygen atoms in total. The second-order valence-electron chi connectivity index (χ2n) is 4.82. The van der Waals surface area contributed by atoms with Gasteiger partial charge in [-0.15, -0.1) is 0 Å². The van der Waals surface area contributed by atoms with Gasteiger partial charge in [-0.1, -0.05) is 38.8 Å². The number of aromatic nitrogens is 1. The van der Waals surface area contributed by atoms with Crippen LogP contribution in [0, 0.1) is 13.8 Å². The number of nitrogens with zero attached hydrogens (tertiary/aromatic N) is 1. The molecule has 112 valence electrons. The van der Waals surface area contributed by atoms with Crippen LogP contribution in [-0.4, -0.2) is 11.1 Å². The summed E-state index contributed by atoms with van der Waals surface area (Å²) >= 11 is 9.46. The fourth-order valence-corrected chi connectivity index (χ4v) is 2.78. The van der Waals surface area contributed by atoms with E-state index in [0.29, 0.717) is 24.4 Å². The van der Waals surface area contributed by atoms with E-state index in [1.807, 2.05) is 32.0 Å². The van der Waals surface area contributed by atoms with Gasteiger partial charge < -0.3 is 9.84 Å². The summed E-state index contributed by atoms with van der Waals surface area (Å²) in [5, 5.41) is 7.38. The van der Waals surface area contributed by atoms with E-state index in [9.17, 15) is 4.79 Å². The molecule has 0 atom stereocenters. The standard InChI is InChI=1S/C15H16BrClN2O2/c1-9-13(10(2)21-19-9)5-6-15(20)18-8-11-3-4-12(16)7-14(11)17/h3-4,7H,5-6,8H2,1-2H3,(H,18,20). The van der Waals surface area contributed by atoms with Gasteiger partial charge in [-0.05, 0) is 38.0 Å². The van der Waals surface area contributed by atoms with Gasteiger partial charge in [0.25, 0.3) is 0 Å². The molecule has 0 saturated heterocycles. The molecule has 2 rings (SSSR count). The monoisotopic (exact) mass is 370 g/mol. The largest absolute Gasteiger partial charge is 0.361 e. The average Bonchev–Trinajstić information content (AvgIpc) is 2.75. The van der Waals surface area contributed by atoms with Crippen LogP contribution in [0.1, 0.15) is 29.0 Å². The summed E-state index contributed by atoms with van der Waals surface area (Å²) in [5.41, 5.74) is 2.74. The van der Waals surface area contributed by atoms with Gasteiger partial charge >= 0.3 is 0 Å². The fourth-order valence-electron chi connectivity index (χ4n) is 2.04. The Balaban J connectivity index is 1.85. The van der Waals surface area contributed by atoms with E-state index in [1.54, 1.807) is 0 Å². The molecular formula is C15H16BrClN2O2. The summed E-state index contributed by atoms with van der Waals surface area (Å²) in [6, 6.07) is 5.60. The molecule has 0 saturated carbocycles. The second-order valence-corrected chi connectivity index (χ2v) is 6.14. The lowest BCUT2D eigenvalue weighted by Crippen LogP contribution is -2.23. The number of hydrogen-bond acceptors (Lipinski definition) is 3. The highest BCUT2D eigenvalue weighted by atomic mass is 79.9. The number of halogens is 2. The quantitative estimate of drug-likeness (QED) is 0.865. The van der Waals surface area contributed by atoms with E-state index >= 15 is 0 Å². The summed E-state index contributed by atoms with van der Waals surface area (Å²) in [4.78, 5) is 11.9. The van der Waals surface area contributed by atoms with Crippen LogP contribution in [0.3, 0.4) is 0 Å². The van der Waals surface area contributed by atoms with Crippen LogP contribution >= 0.6 is 27.5 Å². The first-order valence-electron chi connectivity index (χ1n) is 6.59. The zero-order valence-electron chi connectivity index (χ0n) is 11.9. The SMILES string of the molecule is Cc1noc(C)c1CCC(=O)NCc1ccc(Br)cc1Cl. The lowest BCUT2D eigenvalue weighted by Gasteiger charge is -2.07. The van der Waals surface area contributed by atoms with Gasteiger partial charge in [0.1, 0.15) is 5.76 Å². The smallest absolute Gasteiger partial charge is 0.220 e. The highest BCUT2D eigenvalue weighted by Gasteiger charge is 2.11. The van der Waals surface area contributed by atoms with Crippen molar-refractivity contribution < 1.29 is 9.32 Å². The molecule has 0 unspecified atom stereocenters. The van der Waals surface area contributed by atoms with Gasteiger partial charge in [-0.3, -0.25) is 4.79 Å². The third kappa shape index (κ3) is 4.32. The summed E-state index contributed by atoms with van der Waals surface area (Å²) in [6.07, 6.45) is 1.03. The van der Waals surface area contributed by atoms with Crippen LogP contribution in [0.4, 0.5) is 0 Å². The van der Waals surface area contributed by atoms with E-state index in [2.05, 4.69) is 26.4 Å². The maximum Gasteiger partial charge on any atom is 0.220 e. The zero-order valence-corrected chi connectivity index (χ0v) is 14.2. The summed E-state index contributed by atoms with van der Waals surface area (Å²) in [6.45, 7) is 4.16. The van der Waals surface area contributed by atoms with Gasteiger partial charge in [0.15, 0.2) is 0 Å². The highest BCUT2D eigenvalue weighted by Crippen LogP contribution is 2.21. The third-order valence-electron chi connectivity index (χ3n) is 3.27. The van der Waals surface area contributed by atoms with Gasteiger partial charge in [0, 0.05) is 28.0 Å². The number of nitrogens with one attached hydrogen (secondary N) is 1. The molecule has 6 heteroatoms. The highest BCUT2D eigenvalue weighted by molar-refractivity contribution is 9.10. The van der Waals surface area contributed by atoms with E-state index in [4.69, 9.17) is 16.1 Å². The summed E-state index contributed by atoms with van der Waals surface area (Å²) in [5.74, 6) is 0.755. The number of carbonyl (C=O) groups excluding carboxylic acids is 1. The number of carbonyl (C=O) groups is 1. The first kappa shape index (κ1) is 16.0. The maximum absolute atomic E-state index is 11.9. The van der Waals surface area contributed by atoms with Crippen LogP contribution in [0.5, 0.6) is 0 Å². The minimum absolute atomic E-state index is 0.0195. The lowest BCUT2D eigenvalue weighted by atomic mass is 10.1. The molecule has 1 aromatic heterocycles. The molecule has 0 aliphatic heterocycles. The summed E-state index contributed by atoms with van der Waals surface area (Å²) in [7, 11) is 0. The van der Waals surface area contributed by atoms with Crippen molar-refractivity contribution in [1.29, 1.82) is 0 Å². The minimum atomic E-state index is -0.0195. The molecule has 1 amide bonds. The molecule has 0 aliphatic rings. The van der Waals surface area contributed by atoms with Crippen LogP contribution in [0.25, 0.3) is 0 Å². The Bertz CT molecular complexity index is 636. The van der Waals surface area contributed by atoms with Gasteiger partial charge in [0.05, 0.1) is 5.69 Å². The normalized spacial score (nSPS) is 10.7. The molecule has 2 aromatic rings. The van der Waals surface area contributed by atoms with Crippen LogP contribution in [-0.2, 0) is 17.8 Å². The van der Waals surface area contributed by atoms with Crippen molar-refractivity contribution in [2.24, 2.45) is 0 Å². The molecule has 1 N–H and O–H groups in total. The number of aryl methyl sites for hydroxylation is 2. The van der Waals surface area contributed by atoms with Crippen LogP contribution in [0.15, 0.2) is 27.2 Å². The molecular weight excluding hydrogens is 356 g/mol. The number of rotatable bonds is 5. The van der Waals surface area contributed by atoms with Gasteiger partial charge in [-0.2, -0.15) is 0 Å². The van der Waals surface area contributed by atoms with E-state index in [0.717, 1.165) is 27.1 Å². The topological polar surface area (TPSA) is 55.1 Å². The summed E-state index contributed by atoms with van der Waals surface area (Å²) < 4.78 is 6.00. The third-order valence-corrected chi connectivity index (χ3v) is 4.12. The van der Waals surface area contributed by atoms with Crippen molar-refractivity contribution >= 4 is 33.4 Å². The molecule has 0 fully saturated rings. The predicted molar refractivity (Wildman–Crippen MR) is 85.3 cm³/mol. The Morgan fingerprint density at radius 1 is 1.43 bits per heavy atom. The molecule has 0 aliphatic carbocycles. The van der Waals surface area contributed by atoms with Crippen molar-refractivity contribution in [3.63, 3.8) is 0 Å². The average molecular weight is 372 g/mol. The number of benzene rings is 1. The maximum atomic E-state index is 11.9.